The minimum Gasteiger partial charge on any atom is -0.497 e. The van der Waals surface area contributed by atoms with E-state index in [0.29, 0.717) is 22.7 Å². The summed E-state index contributed by atoms with van der Waals surface area (Å²) < 4.78 is 38.2. The third-order valence-electron chi connectivity index (χ3n) is 4.08. The van der Waals surface area contributed by atoms with Crippen LogP contribution < -0.4 is 19.5 Å². The van der Waals surface area contributed by atoms with Crippen LogP contribution in [-0.4, -0.2) is 34.1 Å². The molecule has 0 saturated heterocycles. The predicted molar refractivity (Wildman–Crippen MR) is 97.0 cm³/mol. The summed E-state index contributed by atoms with van der Waals surface area (Å²) in [5.41, 5.74) is 1.20. The van der Waals surface area contributed by atoms with Crippen molar-refractivity contribution in [2.24, 2.45) is 0 Å². The number of carbonyl (C=O) groups excluding carboxylic acids is 1. The van der Waals surface area contributed by atoms with E-state index in [-0.39, 0.29) is 23.8 Å². The van der Waals surface area contributed by atoms with E-state index < -0.39 is 16.1 Å². The highest BCUT2D eigenvalue weighted by atomic mass is 32.2. The van der Waals surface area contributed by atoms with Crippen molar-refractivity contribution in [2.45, 2.75) is 24.3 Å². The summed E-state index contributed by atoms with van der Waals surface area (Å²) in [4.78, 5) is 12.3. The first kappa shape index (κ1) is 18.2. The number of para-hydroxylation sites is 2. The van der Waals surface area contributed by atoms with Gasteiger partial charge in [-0.1, -0.05) is 12.1 Å². The van der Waals surface area contributed by atoms with Gasteiger partial charge in [-0.05, 0) is 42.8 Å². The quantitative estimate of drug-likeness (QED) is 0.805. The number of hydrogen-bond acceptors (Lipinski definition) is 5. The molecule has 2 aromatic carbocycles. The molecule has 7 nitrogen and oxygen atoms in total. The normalized spacial score (nSPS) is 16.4. The highest BCUT2D eigenvalue weighted by molar-refractivity contribution is 7.89. The molecular weight excluding hydrogens is 356 g/mol. The second-order valence-corrected chi connectivity index (χ2v) is 7.65. The molecule has 26 heavy (non-hydrogen) atoms. The molecule has 0 spiro atoms. The molecular formula is C18H20N2O5S. The molecule has 2 aromatic rings. The van der Waals surface area contributed by atoms with E-state index in [0.717, 1.165) is 0 Å². The number of aryl methyl sites for hydroxylation is 1. The molecule has 1 aliphatic rings. The summed E-state index contributed by atoms with van der Waals surface area (Å²) in [7, 11) is -2.17. The zero-order valence-electron chi connectivity index (χ0n) is 14.5. The second kappa shape index (κ2) is 7.35. The molecule has 138 valence electrons. The number of sulfonamides is 1. The first-order valence-corrected chi connectivity index (χ1v) is 9.60. The number of benzene rings is 2. The fraction of sp³-hybridized carbons (Fsp3) is 0.278. The van der Waals surface area contributed by atoms with Gasteiger partial charge in [0.2, 0.25) is 10.0 Å². The standard InChI is InChI=1S/C18H20N2O5S/c1-12-11-13(24-2)7-8-17(12)26(22,23)19-10-9-16-18(21)20-14-5-3-4-6-15(14)25-16/h3-8,11,16,19H,9-10H2,1-2H3,(H,20,21). The Balaban J connectivity index is 1.63. The van der Waals surface area contributed by atoms with Crippen molar-refractivity contribution in [2.75, 3.05) is 19.0 Å². The Hall–Kier alpha value is -2.58. The van der Waals surface area contributed by atoms with Crippen LogP contribution in [0.5, 0.6) is 11.5 Å². The summed E-state index contributed by atoms with van der Waals surface area (Å²) in [6.45, 7) is 1.78. The van der Waals surface area contributed by atoms with Crippen molar-refractivity contribution >= 4 is 21.6 Å². The van der Waals surface area contributed by atoms with Crippen molar-refractivity contribution in [3.8, 4) is 11.5 Å². The third-order valence-corrected chi connectivity index (χ3v) is 5.70. The molecule has 0 radical (unpaired) electrons. The Kier molecular flexibility index (Phi) is 5.15. The topological polar surface area (TPSA) is 93.7 Å². The molecule has 1 amide bonds. The van der Waals surface area contributed by atoms with Crippen LogP contribution in [0.4, 0.5) is 5.69 Å². The molecule has 0 fully saturated rings. The highest BCUT2D eigenvalue weighted by Gasteiger charge is 2.27. The zero-order valence-corrected chi connectivity index (χ0v) is 15.3. The van der Waals surface area contributed by atoms with Crippen molar-refractivity contribution < 1.29 is 22.7 Å². The molecule has 2 N–H and O–H groups in total. The third kappa shape index (κ3) is 3.81. The molecule has 0 aliphatic carbocycles. The smallest absolute Gasteiger partial charge is 0.265 e. The van der Waals surface area contributed by atoms with Gasteiger partial charge in [0, 0.05) is 13.0 Å². The van der Waals surface area contributed by atoms with E-state index in [1.807, 2.05) is 6.07 Å². The summed E-state index contributed by atoms with van der Waals surface area (Å²) in [5, 5.41) is 2.76. The number of anilines is 1. The van der Waals surface area contributed by atoms with Gasteiger partial charge in [-0.25, -0.2) is 13.1 Å². The van der Waals surface area contributed by atoms with E-state index in [4.69, 9.17) is 9.47 Å². The molecule has 0 bridgehead atoms. The van der Waals surface area contributed by atoms with E-state index in [2.05, 4.69) is 10.0 Å². The van der Waals surface area contributed by atoms with Crippen LogP contribution in [0.2, 0.25) is 0 Å². The van der Waals surface area contributed by atoms with Crippen LogP contribution in [0.15, 0.2) is 47.4 Å². The van der Waals surface area contributed by atoms with Gasteiger partial charge < -0.3 is 14.8 Å². The Labute approximate surface area is 152 Å². The number of ether oxygens (including phenoxy) is 2. The number of nitrogens with one attached hydrogen (secondary N) is 2. The van der Waals surface area contributed by atoms with E-state index >= 15 is 0 Å². The first-order chi connectivity index (χ1) is 12.4. The van der Waals surface area contributed by atoms with Gasteiger partial charge in [0.15, 0.2) is 6.10 Å². The van der Waals surface area contributed by atoms with E-state index in [1.165, 1.54) is 13.2 Å². The Morgan fingerprint density at radius 2 is 2.00 bits per heavy atom. The molecule has 3 rings (SSSR count). The van der Waals surface area contributed by atoms with Gasteiger partial charge in [0.05, 0.1) is 17.7 Å². The zero-order chi connectivity index (χ0) is 18.7. The Bertz CT molecular complexity index is 927. The van der Waals surface area contributed by atoms with E-state index in [9.17, 15) is 13.2 Å². The second-order valence-electron chi connectivity index (χ2n) is 5.91. The minimum absolute atomic E-state index is 0.0774. The summed E-state index contributed by atoms with van der Waals surface area (Å²) in [6, 6.07) is 11.9. The van der Waals surface area contributed by atoms with Crippen molar-refractivity contribution in [1.82, 2.24) is 4.72 Å². The van der Waals surface area contributed by atoms with Crippen molar-refractivity contribution in [3.63, 3.8) is 0 Å². The van der Waals surface area contributed by atoms with Crippen LogP contribution >= 0.6 is 0 Å². The van der Waals surface area contributed by atoms with Gasteiger partial charge in [0.1, 0.15) is 11.5 Å². The molecule has 0 saturated carbocycles. The minimum atomic E-state index is -3.69. The van der Waals surface area contributed by atoms with Crippen molar-refractivity contribution in [3.05, 3.63) is 48.0 Å². The fourth-order valence-electron chi connectivity index (χ4n) is 2.74. The molecule has 1 atom stereocenters. The van der Waals surface area contributed by atoms with E-state index in [1.54, 1.807) is 37.3 Å². The number of amides is 1. The maximum atomic E-state index is 12.5. The molecule has 1 unspecified atom stereocenters. The molecule has 0 aromatic heterocycles. The summed E-state index contributed by atoms with van der Waals surface area (Å²) in [5.74, 6) is 0.877. The van der Waals surface area contributed by atoms with Gasteiger partial charge in [0.25, 0.3) is 5.91 Å². The number of fused-ring (bicyclic) bond motifs is 1. The summed E-state index contributed by atoms with van der Waals surface area (Å²) >= 11 is 0. The van der Waals surface area contributed by atoms with Gasteiger partial charge in [-0.15, -0.1) is 0 Å². The molecule has 1 heterocycles. The largest absolute Gasteiger partial charge is 0.497 e. The Morgan fingerprint density at radius 3 is 2.73 bits per heavy atom. The highest BCUT2D eigenvalue weighted by Crippen LogP contribution is 2.29. The lowest BCUT2D eigenvalue weighted by Crippen LogP contribution is -2.39. The average Bonchev–Trinajstić information content (AvgIpc) is 2.61. The monoisotopic (exact) mass is 376 g/mol. The van der Waals surface area contributed by atoms with Crippen LogP contribution in [0, 0.1) is 6.92 Å². The van der Waals surface area contributed by atoms with Crippen LogP contribution in [0.25, 0.3) is 0 Å². The first-order valence-electron chi connectivity index (χ1n) is 8.11. The van der Waals surface area contributed by atoms with Gasteiger partial charge in [-0.3, -0.25) is 4.79 Å². The molecule has 1 aliphatic heterocycles. The number of rotatable bonds is 6. The van der Waals surface area contributed by atoms with Gasteiger partial charge in [-0.2, -0.15) is 0 Å². The summed E-state index contributed by atoms with van der Waals surface area (Å²) in [6.07, 6.45) is -0.529. The Morgan fingerprint density at radius 1 is 1.23 bits per heavy atom. The fourth-order valence-corrected chi connectivity index (χ4v) is 4.01. The lowest BCUT2D eigenvalue weighted by molar-refractivity contribution is -0.123. The number of methoxy groups -OCH3 is 1. The number of hydrogen-bond donors (Lipinski definition) is 2. The van der Waals surface area contributed by atoms with Crippen molar-refractivity contribution in [1.29, 1.82) is 0 Å². The predicted octanol–water partition coefficient (Wildman–Crippen LogP) is 2.07. The van der Waals surface area contributed by atoms with Crippen LogP contribution in [0.3, 0.4) is 0 Å². The maximum absolute atomic E-state index is 12.5. The molecule has 8 heteroatoms. The SMILES string of the molecule is COc1ccc(S(=O)(=O)NCCC2Oc3ccccc3NC2=O)c(C)c1. The van der Waals surface area contributed by atoms with Crippen LogP contribution in [-0.2, 0) is 14.8 Å². The maximum Gasteiger partial charge on any atom is 0.265 e. The average molecular weight is 376 g/mol. The lowest BCUT2D eigenvalue weighted by atomic mass is 10.2. The van der Waals surface area contributed by atoms with Gasteiger partial charge >= 0.3 is 0 Å². The lowest BCUT2D eigenvalue weighted by Gasteiger charge is -2.25. The number of carbonyl (C=O) groups is 1. The van der Waals surface area contributed by atoms with Crippen LogP contribution in [0.1, 0.15) is 12.0 Å².